The highest BCUT2D eigenvalue weighted by molar-refractivity contribution is 5.72. The Labute approximate surface area is 335 Å². The number of esters is 2. The van der Waals surface area contributed by atoms with Crippen molar-refractivity contribution < 1.29 is 38.2 Å². The van der Waals surface area contributed by atoms with Crippen molar-refractivity contribution in [2.45, 2.75) is 154 Å². The van der Waals surface area contributed by atoms with Gasteiger partial charge in [-0.2, -0.15) is 0 Å². The van der Waals surface area contributed by atoms with E-state index in [9.17, 15) is 19.5 Å². The van der Waals surface area contributed by atoms with Crippen LogP contribution in [0.15, 0.2) is 85.1 Å². The van der Waals surface area contributed by atoms with E-state index in [0.717, 1.165) is 77.0 Å². The topological polar surface area (TPSA) is 99.1 Å². The molecule has 0 aliphatic carbocycles. The second-order valence-electron chi connectivity index (χ2n) is 14.8. The van der Waals surface area contributed by atoms with Crippen LogP contribution in [-0.4, -0.2) is 80.6 Å². The maximum Gasteiger partial charge on any atom is 0.362 e. The van der Waals surface area contributed by atoms with Crippen LogP contribution in [0.1, 0.15) is 142 Å². The number of carbonyl (C=O) groups is 3. The van der Waals surface area contributed by atoms with Crippen LogP contribution in [0.4, 0.5) is 0 Å². The Balaban J connectivity index is 4.38. The Kier molecular flexibility index (Phi) is 35.1. The van der Waals surface area contributed by atoms with Crippen LogP contribution in [-0.2, 0) is 28.6 Å². The summed E-state index contributed by atoms with van der Waals surface area (Å²) in [5, 5.41) is 9.60. The summed E-state index contributed by atoms with van der Waals surface area (Å²) in [4.78, 5) is 36.9. The fourth-order valence-electron chi connectivity index (χ4n) is 5.57. The lowest BCUT2D eigenvalue weighted by Gasteiger charge is -2.31. The molecule has 2 unspecified atom stereocenters. The van der Waals surface area contributed by atoms with E-state index >= 15 is 0 Å². The van der Waals surface area contributed by atoms with Gasteiger partial charge in [0.25, 0.3) is 0 Å². The second-order valence-corrected chi connectivity index (χ2v) is 14.8. The number of hydrogen-bond donors (Lipinski definition) is 1. The van der Waals surface area contributed by atoms with Crippen molar-refractivity contribution in [1.29, 1.82) is 0 Å². The van der Waals surface area contributed by atoms with Gasteiger partial charge in [-0.3, -0.25) is 9.59 Å². The summed E-state index contributed by atoms with van der Waals surface area (Å²) in [5.41, 5.74) is 0. The maximum atomic E-state index is 12.6. The quantitative estimate of drug-likeness (QED) is 0.0293. The van der Waals surface area contributed by atoms with Crippen LogP contribution >= 0.6 is 0 Å². The van der Waals surface area contributed by atoms with E-state index in [-0.39, 0.29) is 42.7 Å². The molecule has 0 saturated carbocycles. The summed E-state index contributed by atoms with van der Waals surface area (Å²) in [5.74, 6) is -1.57. The average Bonchev–Trinajstić information content (AvgIpc) is 3.14. The first-order valence-corrected chi connectivity index (χ1v) is 21.1. The van der Waals surface area contributed by atoms with Crippen LogP contribution in [0.3, 0.4) is 0 Å². The maximum absolute atomic E-state index is 12.6. The molecule has 0 aliphatic rings. The first-order chi connectivity index (χ1) is 26.6. The normalized spacial score (nSPS) is 13.8. The standard InChI is InChI=1S/C47H77NO7/c1-6-8-10-12-14-16-18-19-20-21-22-23-24-25-26-28-29-31-33-35-37-45(49)54-42-43(41-53-40-39-44(47(51)52)48(3,4)5)55-46(50)38-36-34-32-30-27-17-15-13-11-9-7-2/h8-11,14-17,19-20,22-23,30,32,43-44H,6-7,12-13,18,21,24-29,31,33-42H2,1-5H3/p+1/b10-8+,11-9+,16-14+,17-15+,20-19+,23-22+,32-30+. The number of carbonyl (C=O) groups excluding carboxylic acids is 2. The number of likely N-dealkylation sites (N-methyl/N-ethyl adjacent to an activating group) is 1. The van der Waals surface area contributed by atoms with E-state index in [4.69, 9.17) is 14.2 Å². The molecule has 0 aromatic heterocycles. The molecule has 0 spiro atoms. The van der Waals surface area contributed by atoms with E-state index in [1.54, 1.807) is 0 Å². The Morgan fingerprint density at radius 3 is 1.47 bits per heavy atom. The van der Waals surface area contributed by atoms with Crippen LogP contribution in [0, 0.1) is 0 Å². The molecule has 2 atom stereocenters. The molecule has 8 heteroatoms. The largest absolute Gasteiger partial charge is 0.477 e. The molecule has 8 nitrogen and oxygen atoms in total. The number of nitrogens with zero attached hydrogens (tertiary/aromatic N) is 1. The summed E-state index contributed by atoms with van der Waals surface area (Å²) in [6.45, 7) is 4.41. The molecule has 55 heavy (non-hydrogen) atoms. The molecule has 0 saturated heterocycles. The van der Waals surface area contributed by atoms with Crippen LogP contribution in [0.2, 0.25) is 0 Å². The fourth-order valence-corrected chi connectivity index (χ4v) is 5.57. The van der Waals surface area contributed by atoms with Gasteiger partial charge in [-0.1, -0.05) is 131 Å². The summed E-state index contributed by atoms with van der Waals surface area (Å²) in [6, 6.07) is -0.628. The zero-order chi connectivity index (χ0) is 40.7. The third-order valence-corrected chi connectivity index (χ3v) is 8.79. The summed E-state index contributed by atoms with van der Waals surface area (Å²) in [6.07, 6.45) is 47.8. The summed E-state index contributed by atoms with van der Waals surface area (Å²) in [7, 11) is 5.49. The van der Waals surface area contributed by atoms with Gasteiger partial charge in [0, 0.05) is 19.3 Å². The van der Waals surface area contributed by atoms with Gasteiger partial charge in [0.15, 0.2) is 12.1 Å². The lowest BCUT2D eigenvalue weighted by molar-refractivity contribution is -0.887. The van der Waals surface area contributed by atoms with Crippen molar-refractivity contribution in [3.8, 4) is 0 Å². The van der Waals surface area contributed by atoms with Crippen LogP contribution in [0.25, 0.3) is 0 Å². The Morgan fingerprint density at radius 2 is 0.982 bits per heavy atom. The number of aliphatic carboxylic acids is 1. The van der Waals surface area contributed by atoms with E-state index in [0.29, 0.717) is 19.3 Å². The molecule has 1 N–H and O–H groups in total. The van der Waals surface area contributed by atoms with E-state index < -0.39 is 18.1 Å². The first-order valence-electron chi connectivity index (χ1n) is 21.1. The number of quaternary nitrogens is 1. The van der Waals surface area contributed by atoms with Gasteiger partial charge in [0.05, 0.1) is 34.4 Å². The van der Waals surface area contributed by atoms with Crippen molar-refractivity contribution in [3.05, 3.63) is 85.1 Å². The number of ether oxygens (including phenoxy) is 3. The lowest BCUT2D eigenvalue weighted by Crippen LogP contribution is -2.50. The number of carboxylic acids is 1. The van der Waals surface area contributed by atoms with Crippen molar-refractivity contribution in [1.82, 2.24) is 0 Å². The van der Waals surface area contributed by atoms with E-state index in [1.807, 2.05) is 21.1 Å². The summed E-state index contributed by atoms with van der Waals surface area (Å²) >= 11 is 0. The van der Waals surface area contributed by atoms with Crippen molar-refractivity contribution in [2.75, 3.05) is 41.0 Å². The molecule has 0 aliphatic heterocycles. The minimum atomic E-state index is -0.889. The Bertz CT molecular complexity index is 1170. The molecule has 0 aromatic rings. The predicted octanol–water partition coefficient (Wildman–Crippen LogP) is 11.4. The average molecular weight is 769 g/mol. The zero-order valence-electron chi connectivity index (χ0n) is 35.3. The molecule has 312 valence electrons. The van der Waals surface area contributed by atoms with Crippen molar-refractivity contribution in [2.24, 2.45) is 0 Å². The highest BCUT2D eigenvalue weighted by Gasteiger charge is 2.31. The van der Waals surface area contributed by atoms with Gasteiger partial charge in [0.1, 0.15) is 6.61 Å². The number of carboxylic acid groups (broad SMARTS) is 1. The number of hydrogen-bond acceptors (Lipinski definition) is 6. The molecular formula is C47H78NO7+. The highest BCUT2D eigenvalue weighted by Crippen LogP contribution is 2.12. The number of allylic oxidation sites excluding steroid dienone is 14. The second kappa shape index (κ2) is 37.4. The van der Waals surface area contributed by atoms with Crippen molar-refractivity contribution >= 4 is 17.9 Å². The molecule has 0 radical (unpaired) electrons. The first kappa shape index (κ1) is 51.5. The van der Waals surface area contributed by atoms with Gasteiger partial charge in [0.2, 0.25) is 0 Å². The van der Waals surface area contributed by atoms with Crippen molar-refractivity contribution in [3.63, 3.8) is 0 Å². The predicted molar refractivity (Wildman–Crippen MR) is 229 cm³/mol. The zero-order valence-corrected chi connectivity index (χ0v) is 35.3. The van der Waals surface area contributed by atoms with E-state index in [1.165, 1.54) is 25.7 Å². The minimum absolute atomic E-state index is 0.0322. The van der Waals surface area contributed by atoms with Gasteiger partial charge < -0.3 is 23.8 Å². The highest BCUT2D eigenvalue weighted by atomic mass is 16.6. The SMILES string of the molecule is CC/C=C/C/C=C/C/C=C/C/C=C/CCCCCCCCCC(=O)OCC(COCCC(C(=O)O)[N+](C)(C)C)OC(=O)CCC/C=C/C/C=C/C/C=C/CC. The molecule has 0 rings (SSSR count). The smallest absolute Gasteiger partial charge is 0.362 e. The summed E-state index contributed by atoms with van der Waals surface area (Å²) < 4.78 is 17.2. The van der Waals surface area contributed by atoms with Gasteiger partial charge >= 0.3 is 17.9 Å². The molecule has 0 amide bonds. The monoisotopic (exact) mass is 769 g/mol. The van der Waals surface area contributed by atoms with Gasteiger partial charge in [-0.15, -0.1) is 0 Å². The van der Waals surface area contributed by atoms with E-state index in [2.05, 4.69) is 98.9 Å². The molecule has 0 aromatic carbocycles. The third kappa shape index (κ3) is 35.9. The van der Waals surface area contributed by atoms with Crippen LogP contribution < -0.4 is 0 Å². The molecular weight excluding hydrogens is 691 g/mol. The van der Waals surface area contributed by atoms with Gasteiger partial charge in [-0.25, -0.2) is 4.79 Å². The molecule has 0 bridgehead atoms. The van der Waals surface area contributed by atoms with Crippen LogP contribution in [0.5, 0.6) is 0 Å². The number of rotatable bonds is 36. The minimum Gasteiger partial charge on any atom is -0.477 e. The Hall–Kier alpha value is -3.49. The fraction of sp³-hybridized carbons (Fsp3) is 0.638. The molecule has 0 fully saturated rings. The third-order valence-electron chi connectivity index (χ3n) is 8.79. The Morgan fingerprint density at radius 1 is 0.545 bits per heavy atom. The number of unbranched alkanes of at least 4 members (excludes halogenated alkanes) is 8. The molecule has 0 heterocycles. The van der Waals surface area contributed by atoms with Gasteiger partial charge in [-0.05, 0) is 77.0 Å². The lowest BCUT2D eigenvalue weighted by atomic mass is 10.1.